The monoisotopic (exact) mass is 156 g/mol. The minimum atomic E-state index is -0.544. The summed E-state index contributed by atoms with van der Waals surface area (Å²) in [4.78, 5) is 0. The largest absolute Gasteiger partial charge is 0.390 e. The van der Waals surface area contributed by atoms with Crippen molar-refractivity contribution in [3.8, 4) is 0 Å². The van der Waals surface area contributed by atoms with Crippen LogP contribution in [0, 0.1) is 5.92 Å². The Balaban J connectivity index is 4.03. The first-order valence-electron chi connectivity index (χ1n) is 4.22. The van der Waals surface area contributed by atoms with E-state index in [1.54, 1.807) is 0 Å². The van der Waals surface area contributed by atoms with Gasteiger partial charge >= 0.3 is 0 Å². The van der Waals surface area contributed by atoms with Crippen molar-refractivity contribution in [2.75, 3.05) is 0 Å². The third-order valence-electron chi connectivity index (χ3n) is 2.17. The van der Waals surface area contributed by atoms with Gasteiger partial charge in [-0.05, 0) is 33.1 Å². The van der Waals surface area contributed by atoms with E-state index in [2.05, 4.69) is 19.9 Å². The minimum Gasteiger partial charge on any atom is -0.390 e. The van der Waals surface area contributed by atoms with Gasteiger partial charge in [-0.1, -0.05) is 25.5 Å². The van der Waals surface area contributed by atoms with Gasteiger partial charge in [-0.15, -0.1) is 0 Å². The molecule has 0 saturated carbocycles. The summed E-state index contributed by atoms with van der Waals surface area (Å²) in [6, 6.07) is 0. The lowest BCUT2D eigenvalue weighted by Gasteiger charge is -2.26. The van der Waals surface area contributed by atoms with Crippen LogP contribution in [0.25, 0.3) is 0 Å². The fraction of sp³-hybridized carbons (Fsp3) is 0.800. The van der Waals surface area contributed by atoms with Crippen LogP contribution in [-0.2, 0) is 0 Å². The SMILES string of the molecule is CC(C)=CCC(C)(O)C(C)C. The van der Waals surface area contributed by atoms with Crippen LogP contribution in [0.15, 0.2) is 11.6 Å². The average molecular weight is 156 g/mol. The molecule has 0 radical (unpaired) electrons. The molecule has 0 aliphatic heterocycles. The zero-order valence-electron chi connectivity index (χ0n) is 8.31. The highest BCUT2D eigenvalue weighted by Crippen LogP contribution is 2.21. The van der Waals surface area contributed by atoms with Crippen LogP contribution in [0.1, 0.15) is 41.0 Å². The van der Waals surface area contributed by atoms with E-state index in [4.69, 9.17) is 0 Å². The molecule has 1 unspecified atom stereocenters. The number of aliphatic hydroxyl groups is 1. The topological polar surface area (TPSA) is 20.2 Å². The van der Waals surface area contributed by atoms with Gasteiger partial charge in [0.25, 0.3) is 0 Å². The summed E-state index contributed by atoms with van der Waals surface area (Å²) in [5.74, 6) is 0.318. The summed E-state index contributed by atoms with van der Waals surface area (Å²) in [5, 5.41) is 9.80. The summed E-state index contributed by atoms with van der Waals surface area (Å²) >= 11 is 0. The minimum absolute atomic E-state index is 0.318. The summed E-state index contributed by atoms with van der Waals surface area (Å²) in [6.07, 6.45) is 2.84. The van der Waals surface area contributed by atoms with Gasteiger partial charge in [-0.2, -0.15) is 0 Å². The Bertz CT molecular complexity index is 139. The van der Waals surface area contributed by atoms with Crippen LogP contribution >= 0.6 is 0 Å². The van der Waals surface area contributed by atoms with E-state index >= 15 is 0 Å². The lowest BCUT2D eigenvalue weighted by atomic mass is 9.89. The second-order valence-corrected chi connectivity index (χ2v) is 4.00. The zero-order valence-corrected chi connectivity index (χ0v) is 8.31. The molecule has 11 heavy (non-hydrogen) atoms. The molecule has 0 spiro atoms. The molecular weight excluding hydrogens is 136 g/mol. The van der Waals surface area contributed by atoms with E-state index in [-0.39, 0.29) is 0 Å². The van der Waals surface area contributed by atoms with Crippen molar-refractivity contribution in [3.05, 3.63) is 11.6 Å². The molecule has 66 valence electrons. The van der Waals surface area contributed by atoms with E-state index in [9.17, 15) is 5.11 Å². The van der Waals surface area contributed by atoms with Gasteiger partial charge < -0.3 is 5.11 Å². The number of hydrogen-bond donors (Lipinski definition) is 1. The smallest absolute Gasteiger partial charge is 0.0676 e. The van der Waals surface area contributed by atoms with E-state index in [1.165, 1.54) is 5.57 Å². The van der Waals surface area contributed by atoms with Crippen molar-refractivity contribution in [2.45, 2.75) is 46.6 Å². The molecule has 1 heteroatoms. The van der Waals surface area contributed by atoms with Gasteiger partial charge in [-0.25, -0.2) is 0 Å². The van der Waals surface area contributed by atoms with Crippen molar-refractivity contribution in [3.63, 3.8) is 0 Å². The second-order valence-electron chi connectivity index (χ2n) is 4.00. The summed E-state index contributed by atoms with van der Waals surface area (Å²) in [6.45, 7) is 10.1. The lowest BCUT2D eigenvalue weighted by Crippen LogP contribution is -2.30. The van der Waals surface area contributed by atoms with Crippen LogP contribution in [0.2, 0.25) is 0 Å². The van der Waals surface area contributed by atoms with Crippen molar-refractivity contribution in [2.24, 2.45) is 5.92 Å². The first-order valence-corrected chi connectivity index (χ1v) is 4.22. The van der Waals surface area contributed by atoms with Crippen molar-refractivity contribution >= 4 is 0 Å². The molecule has 0 aliphatic rings. The Hall–Kier alpha value is -0.300. The molecule has 0 bridgehead atoms. The van der Waals surface area contributed by atoms with Crippen molar-refractivity contribution in [1.82, 2.24) is 0 Å². The highest BCUT2D eigenvalue weighted by molar-refractivity contribution is 4.97. The summed E-state index contributed by atoms with van der Waals surface area (Å²) < 4.78 is 0. The number of allylic oxidation sites excluding steroid dienone is 1. The van der Waals surface area contributed by atoms with Crippen LogP contribution in [0.4, 0.5) is 0 Å². The third-order valence-corrected chi connectivity index (χ3v) is 2.17. The maximum Gasteiger partial charge on any atom is 0.0676 e. The first-order chi connectivity index (χ1) is 4.86. The van der Waals surface area contributed by atoms with Gasteiger partial charge in [0, 0.05) is 0 Å². The molecule has 0 saturated heterocycles. The molecule has 0 amide bonds. The molecule has 0 aromatic carbocycles. The Kier molecular flexibility index (Phi) is 3.81. The Morgan fingerprint density at radius 3 is 2.18 bits per heavy atom. The maximum atomic E-state index is 9.80. The molecule has 1 atom stereocenters. The third kappa shape index (κ3) is 4.20. The van der Waals surface area contributed by atoms with Crippen LogP contribution in [-0.4, -0.2) is 10.7 Å². The van der Waals surface area contributed by atoms with Crippen LogP contribution in [0.3, 0.4) is 0 Å². The molecule has 0 heterocycles. The lowest BCUT2D eigenvalue weighted by molar-refractivity contribution is 0.0164. The zero-order chi connectivity index (χ0) is 9.07. The maximum absolute atomic E-state index is 9.80. The molecule has 0 aliphatic carbocycles. The van der Waals surface area contributed by atoms with E-state index in [0.29, 0.717) is 5.92 Å². The number of rotatable bonds is 3. The highest BCUT2D eigenvalue weighted by atomic mass is 16.3. The highest BCUT2D eigenvalue weighted by Gasteiger charge is 2.22. The van der Waals surface area contributed by atoms with Gasteiger partial charge in [-0.3, -0.25) is 0 Å². The quantitative estimate of drug-likeness (QED) is 0.623. The Morgan fingerprint density at radius 1 is 1.45 bits per heavy atom. The molecule has 0 aromatic rings. The average Bonchev–Trinajstić information content (AvgIpc) is 1.84. The molecule has 1 nitrogen and oxygen atoms in total. The van der Waals surface area contributed by atoms with Gasteiger partial charge in [0.1, 0.15) is 0 Å². The number of hydrogen-bond acceptors (Lipinski definition) is 1. The normalized spacial score (nSPS) is 16.3. The fourth-order valence-corrected chi connectivity index (χ4v) is 0.646. The predicted molar refractivity (Wildman–Crippen MR) is 49.5 cm³/mol. The Labute approximate surface area is 70.1 Å². The molecular formula is C10H20O. The Morgan fingerprint density at radius 2 is 1.91 bits per heavy atom. The standard InChI is InChI=1S/C10H20O/c1-8(2)6-7-10(5,11)9(3)4/h6,9,11H,7H2,1-5H3. The fourth-order valence-electron chi connectivity index (χ4n) is 0.646. The van der Waals surface area contributed by atoms with E-state index in [0.717, 1.165) is 6.42 Å². The molecule has 1 N–H and O–H groups in total. The predicted octanol–water partition coefficient (Wildman–Crippen LogP) is 2.75. The van der Waals surface area contributed by atoms with Crippen molar-refractivity contribution in [1.29, 1.82) is 0 Å². The molecule has 0 fully saturated rings. The van der Waals surface area contributed by atoms with Gasteiger partial charge in [0.15, 0.2) is 0 Å². The first kappa shape index (κ1) is 10.7. The summed E-state index contributed by atoms with van der Waals surface area (Å²) in [7, 11) is 0. The van der Waals surface area contributed by atoms with E-state index < -0.39 is 5.60 Å². The second kappa shape index (κ2) is 3.91. The van der Waals surface area contributed by atoms with Gasteiger partial charge in [0.05, 0.1) is 5.60 Å². The van der Waals surface area contributed by atoms with Crippen LogP contribution < -0.4 is 0 Å². The van der Waals surface area contributed by atoms with Gasteiger partial charge in [0.2, 0.25) is 0 Å². The molecule has 0 aromatic heterocycles. The van der Waals surface area contributed by atoms with Crippen molar-refractivity contribution < 1.29 is 5.11 Å². The van der Waals surface area contributed by atoms with E-state index in [1.807, 2.05) is 20.8 Å². The van der Waals surface area contributed by atoms with Crippen LogP contribution in [0.5, 0.6) is 0 Å². The summed E-state index contributed by atoms with van der Waals surface area (Å²) in [5.41, 5.74) is 0.725. The molecule has 0 rings (SSSR count).